The molecule has 0 aliphatic carbocycles. The number of esters is 1. The Bertz CT molecular complexity index is 386. The first kappa shape index (κ1) is 15.8. The molecule has 2 N–H and O–H groups in total. The minimum absolute atomic E-state index is 0.290. The van der Waals surface area contributed by atoms with E-state index in [1.54, 1.807) is 19.1 Å². The third kappa shape index (κ3) is 6.45. The summed E-state index contributed by atoms with van der Waals surface area (Å²) in [5.41, 5.74) is 5.64. The van der Waals surface area contributed by atoms with Crippen molar-refractivity contribution in [2.24, 2.45) is 5.73 Å². The van der Waals surface area contributed by atoms with Gasteiger partial charge in [0.25, 0.3) is 0 Å². The van der Waals surface area contributed by atoms with Crippen LogP contribution in [-0.4, -0.2) is 36.7 Å². The van der Waals surface area contributed by atoms with Crippen LogP contribution in [0.15, 0.2) is 24.3 Å². The Hall–Kier alpha value is -1.27. The van der Waals surface area contributed by atoms with Crippen molar-refractivity contribution in [2.75, 3.05) is 24.7 Å². The van der Waals surface area contributed by atoms with Gasteiger partial charge in [-0.05, 0) is 31.2 Å². The topological polar surface area (TPSA) is 61.5 Å². The number of hydrogen-bond donors (Lipinski definition) is 1. The number of ether oxygens (including phenoxy) is 2. The average molecular weight is 287 g/mol. The summed E-state index contributed by atoms with van der Waals surface area (Å²) >= 11 is 1.51. The maximum absolute atomic E-state index is 12.6. The Morgan fingerprint density at radius 3 is 2.74 bits per heavy atom. The molecule has 4 nitrogen and oxygen atoms in total. The largest absolute Gasteiger partial charge is 0.493 e. The minimum atomic E-state index is -0.601. The van der Waals surface area contributed by atoms with Crippen molar-refractivity contribution >= 4 is 17.7 Å². The zero-order valence-electron chi connectivity index (χ0n) is 10.8. The number of thioether (sulfide) groups is 1. The number of carbonyl (C=O) groups is 1. The van der Waals surface area contributed by atoms with Crippen LogP contribution in [0.4, 0.5) is 4.39 Å². The lowest BCUT2D eigenvalue weighted by Crippen LogP contribution is -2.34. The second-order valence-electron chi connectivity index (χ2n) is 3.74. The highest BCUT2D eigenvalue weighted by molar-refractivity contribution is 7.99. The molecule has 0 amide bonds. The third-order valence-electron chi connectivity index (χ3n) is 2.20. The van der Waals surface area contributed by atoms with Crippen LogP contribution in [0.3, 0.4) is 0 Å². The Morgan fingerprint density at radius 1 is 1.42 bits per heavy atom. The summed E-state index contributed by atoms with van der Waals surface area (Å²) in [5.74, 6) is 1.14. The van der Waals surface area contributed by atoms with Gasteiger partial charge in [0.1, 0.15) is 17.6 Å². The fourth-order valence-electron chi connectivity index (χ4n) is 1.28. The van der Waals surface area contributed by atoms with Crippen molar-refractivity contribution < 1.29 is 18.7 Å². The van der Waals surface area contributed by atoms with Gasteiger partial charge in [0.05, 0.1) is 13.2 Å². The van der Waals surface area contributed by atoms with E-state index in [2.05, 4.69) is 0 Å². The second-order valence-corrected chi connectivity index (χ2v) is 4.89. The first-order valence-corrected chi connectivity index (χ1v) is 7.17. The van der Waals surface area contributed by atoms with E-state index in [0.29, 0.717) is 30.5 Å². The Balaban J connectivity index is 2.11. The number of carbonyl (C=O) groups excluding carboxylic acids is 1. The van der Waals surface area contributed by atoms with Crippen molar-refractivity contribution in [3.05, 3.63) is 30.1 Å². The molecule has 0 heterocycles. The van der Waals surface area contributed by atoms with Gasteiger partial charge in [0.15, 0.2) is 0 Å². The Labute approximate surface area is 116 Å². The molecular weight excluding hydrogens is 269 g/mol. The van der Waals surface area contributed by atoms with Crippen molar-refractivity contribution in [1.29, 1.82) is 0 Å². The number of rotatable bonds is 8. The molecule has 0 fully saturated rings. The summed E-state index contributed by atoms with van der Waals surface area (Å²) in [6, 6.07) is 5.24. The predicted octanol–water partition coefficient (Wildman–Crippen LogP) is 1.83. The molecule has 0 saturated carbocycles. The summed E-state index contributed by atoms with van der Waals surface area (Å²) in [7, 11) is 0. The molecule has 1 unspecified atom stereocenters. The molecule has 19 heavy (non-hydrogen) atoms. The summed E-state index contributed by atoms with van der Waals surface area (Å²) < 4.78 is 22.8. The van der Waals surface area contributed by atoms with Crippen molar-refractivity contribution in [2.45, 2.75) is 13.0 Å². The molecule has 0 aliphatic rings. The SMILES string of the molecule is CCOC(=O)C(N)CSCCOc1ccc(F)cc1. The molecule has 0 spiro atoms. The molecule has 6 heteroatoms. The molecular formula is C13H18FNO3S. The number of benzene rings is 1. The molecule has 106 valence electrons. The van der Waals surface area contributed by atoms with Crippen LogP contribution >= 0.6 is 11.8 Å². The zero-order valence-corrected chi connectivity index (χ0v) is 11.6. The van der Waals surface area contributed by atoms with Gasteiger partial charge < -0.3 is 15.2 Å². The Morgan fingerprint density at radius 2 is 2.11 bits per heavy atom. The van der Waals surface area contributed by atoms with Crippen molar-refractivity contribution in [3.8, 4) is 5.75 Å². The lowest BCUT2D eigenvalue weighted by molar-refractivity contribution is -0.144. The molecule has 0 saturated heterocycles. The van der Waals surface area contributed by atoms with Gasteiger partial charge in [-0.3, -0.25) is 4.79 Å². The van der Waals surface area contributed by atoms with Gasteiger partial charge in [0, 0.05) is 11.5 Å². The van der Waals surface area contributed by atoms with Gasteiger partial charge >= 0.3 is 5.97 Å². The molecule has 1 atom stereocenters. The highest BCUT2D eigenvalue weighted by Crippen LogP contribution is 2.12. The summed E-state index contributed by atoms with van der Waals surface area (Å²) in [6.45, 7) is 2.56. The van der Waals surface area contributed by atoms with Crippen LogP contribution in [-0.2, 0) is 9.53 Å². The first-order chi connectivity index (χ1) is 9.13. The number of nitrogens with two attached hydrogens (primary N) is 1. The van der Waals surface area contributed by atoms with Crippen LogP contribution in [0.25, 0.3) is 0 Å². The number of halogens is 1. The highest BCUT2D eigenvalue weighted by atomic mass is 32.2. The fourth-order valence-corrected chi connectivity index (χ4v) is 2.03. The van der Waals surface area contributed by atoms with Gasteiger partial charge in [-0.25, -0.2) is 4.39 Å². The maximum atomic E-state index is 12.6. The van der Waals surface area contributed by atoms with E-state index in [1.807, 2.05) is 0 Å². The Kier molecular flexibility index (Phi) is 7.28. The summed E-state index contributed by atoms with van der Waals surface area (Å²) in [6.07, 6.45) is 0. The first-order valence-electron chi connectivity index (χ1n) is 6.01. The highest BCUT2D eigenvalue weighted by Gasteiger charge is 2.13. The lowest BCUT2D eigenvalue weighted by Gasteiger charge is -2.10. The van der Waals surface area contributed by atoms with Gasteiger partial charge in [-0.15, -0.1) is 0 Å². The predicted molar refractivity (Wildman–Crippen MR) is 73.8 cm³/mol. The van der Waals surface area contributed by atoms with E-state index in [4.69, 9.17) is 15.2 Å². The molecule has 0 radical (unpaired) electrons. The molecule has 0 aliphatic heterocycles. The average Bonchev–Trinajstić information content (AvgIpc) is 2.40. The van der Waals surface area contributed by atoms with Crippen LogP contribution in [0.1, 0.15) is 6.92 Å². The van der Waals surface area contributed by atoms with E-state index in [1.165, 1.54) is 23.9 Å². The van der Waals surface area contributed by atoms with Crippen LogP contribution in [0, 0.1) is 5.82 Å². The van der Waals surface area contributed by atoms with Crippen molar-refractivity contribution in [3.63, 3.8) is 0 Å². The van der Waals surface area contributed by atoms with Gasteiger partial charge in [-0.2, -0.15) is 11.8 Å². The fraction of sp³-hybridized carbons (Fsp3) is 0.462. The van der Waals surface area contributed by atoms with Crippen LogP contribution in [0.5, 0.6) is 5.75 Å². The minimum Gasteiger partial charge on any atom is -0.493 e. The third-order valence-corrected chi connectivity index (χ3v) is 3.25. The zero-order chi connectivity index (χ0) is 14.1. The molecule has 1 aromatic carbocycles. The molecule has 1 rings (SSSR count). The molecule has 1 aromatic rings. The quantitative estimate of drug-likeness (QED) is 0.584. The monoisotopic (exact) mass is 287 g/mol. The number of hydrogen-bond acceptors (Lipinski definition) is 5. The molecule has 0 bridgehead atoms. The van der Waals surface area contributed by atoms with Crippen LogP contribution in [0.2, 0.25) is 0 Å². The lowest BCUT2D eigenvalue weighted by atomic mass is 10.3. The molecule has 0 aromatic heterocycles. The summed E-state index contributed by atoms with van der Waals surface area (Å²) in [5, 5.41) is 0. The normalized spacial score (nSPS) is 11.9. The van der Waals surface area contributed by atoms with Gasteiger partial charge in [-0.1, -0.05) is 0 Å². The van der Waals surface area contributed by atoms with E-state index in [9.17, 15) is 9.18 Å². The maximum Gasteiger partial charge on any atom is 0.323 e. The smallest absolute Gasteiger partial charge is 0.323 e. The van der Waals surface area contributed by atoms with E-state index >= 15 is 0 Å². The summed E-state index contributed by atoms with van der Waals surface area (Å²) in [4.78, 5) is 11.2. The van der Waals surface area contributed by atoms with Crippen LogP contribution < -0.4 is 10.5 Å². The van der Waals surface area contributed by atoms with E-state index in [0.717, 1.165) is 0 Å². The second kappa shape index (κ2) is 8.77. The van der Waals surface area contributed by atoms with Crippen molar-refractivity contribution in [1.82, 2.24) is 0 Å². The standard InChI is InChI=1S/C13H18FNO3S/c1-2-17-13(16)12(15)9-19-8-7-18-11-5-3-10(14)4-6-11/h3-6,12H,2,7-9,15H2,1H3. The van der Waals surface area contributed by atoms with E-state index in [-0.39, 0.29) is 11.8 Å². The van der Waals surface area contributed by atoms with E-state index < -0.39 is 6.04 Å². The van der Waals surface area contributed by atoms with Gasteiger partial charge in [0.2, 0.25) is 0 Å².